The van der Waals surface area contributed by atoms with Crippen LogP contribution in [0.3, 0.4) is 0 Å². The maximum Gasteiger partial charge on any atom is 0.119 e. The smallest absolute Gasteiger partial charge is 0.119 e. The Labute approximate surface area is 125 Å². The summed E-state index contributed by atoms with van der Waals surface area (Å²) in [6.07, 6.45) is 0. The normalized spacial score (nSPS) is 20.2. The summed E-state index contributed by atoms with van der Waals surface area (Å²) in [6.45, 7) is 4.72. The molecule has 0 aromatic heterocycles. The third kappa shape index (κ3) is 4.31. The molecule has 1 aliphatic rings. The Balaban J connectivity index is 1.45. The van der Waals surface area contributed by atoms with Gasteiger partial charge >= 0.3 is 0 Å². The van der Waals surface area contributed by atoms with Gasteiger partial charge < -0.3 is 14.2 Å². The van der Waals surface area contributed by atoms with Crippen molar-refractivity contribution in [2.75, 3.05) is 13.2 Å². The minimum atomic E-state index is -0.0429. The van der Waals surface area contributed by atoms with E-state index in [1.807, 2.05) is 42.5 Å². The third-order valence-electron chi connectivity index (χ3n) is 3.48. The fraction of sp³-hybridized carbons (Fsp3) is 0.333. The highest BCUT2D eigenvalue weighted by atomic mass is 16.6. The van der Waals surface area contributed by atoms with Crippen molar-refractivity contribution in [1.29, 1.82) is 0 Å². The number of ether oxygens (including phenoxy) is 3. The Morgan fingerprint density at radius 2 is 1.62 bits per heavy atom. The van der Waals surface area contributed by atoms with Crippen molar-refractivity contribution in [1.82, 2.24) is 0 Å². The van der Waals surface area contributed by atoms with Gasteiger partial charge in [-0.05, 0) is 30.2 Å². The van der Waals surface area contributed by atoms with Crippen LogP contribution in [0.5, 0.6) is 5.75 Å². The van der Waals surface area contributed by atoms with Crippen LogP contribution in [0.15, 0.2) is 54.6 Å². The van der Waals surface area contributed by atoms with Crippen LogP contribution in [0.1, 0.15) is 18.1 Å². The second kappa shape index (κ2) is 6.29. The maximum absolute atomic E-state index is 5.75. The minimum absolute atomic E-state index is 0.0429. The van der Waals surface area contributed by atoms with Gasteiger partial charge in [0.15, 0.2) is 0 Å². The molecule has 110 valence electrons. The molecule has 21 heavy (non-hydrogen) atoms. The highest BCUT2D eigenvalue weighted by molar-refractivity contribution is 5.27. The zero-order valence-electron chi connectivity index (χ0n) is 12.2. The largest absolute Gasteiger partial charge is 0.489 e. The van der Waals surface area contributed by atoms with E-state index in [0.29, 0.717) is 19.8 Å². The molecule has 0 saturated carbocycles. The van der Waals surface area contributed by atoms with Crippen LogP contribution in [-0.2, 0) is 22.7 Å². The molecule has 0 aliphatic carbocycles. The topological polar surface area (TPSA) is 31.0 Å². The van der Waals surface area contributed by atoms with Gasteiger partial charge in [0.1, 0.15) is 18.0 Å². The molecule has 2 aromatic rings. The number of rotatable bonds is 7. The van der Waals surface area contributed by atoms with E-state index in [1.165, 1.54) is 5.56 Å². The minimum Gasteiger partial charge on any atom is -0.489 e. The second-order valence-electron chi connectivity index (χ2n) is 5.65. The lowest BCUT2D eigenvalue weighted by molar-refractivity contribution is 0.0742. The Morgan fingerprint density at radius 1 is 0.952 bits per heavy atom. The van der Waals surface area contributed by atoms with Gasteiger partial charge in [-0.15, -0.1) is 0 Å². The molecule has 3 rings (SSSR count). The lowest BCUT2D eigenvalue weighted by Gasteiger charge is -2.09. The van der Waals surface area contributed by atoms with E-state index in [9.17, 15) is 0 Å². The van der Waals surface area contributed by atoms with Crippen LogP contribution >= 0.6 is 0 Å². The van der Waals surface area contributed by atoms with Crippen LogP contribution in [0.25, 0.3) is 0 Å². The second-order valence-corrected chi connectivity index (χ2v) is 5.65. The maximum atomic E-state index is 5.75. The molecule has 1 heterocycles. The number of hydrogen-bond donors (Lipinski definition) is 0. The van der Waals surface area contributed by atoms with Crippen molar-refractivity contribution in [2.45, 2.75) is 25.7 Å². The van der Waals surface area contributed by atoms with Crippen LogP contribution < -0.4 is 4.74 Å². The SMILES string of the molecule is C[C@@]1(COCc2ccc(OCc3ccccc3)cc2)CO1. The van der Waals surface area contributed by atoms with E-state index >= 15 is 0 Å². The van der Waals surface area contributed by atoms with E-state index in [0.717, 1.165) is 17.9 Å². The van der Waals surface area contributed by atoms with E-state index in [4.69, 9.17) is 14.2 Å². The van der Waals surface area contributed by atoms with Gasteiger partial charge in [0.25, 0.3) is 0 Å². The molecule has 2 aromatic carbocycles. The van der Waals surface area contributed by atoms with Crippen LogP contribution in [-0.4, -0.2) is 18.8 Å². The summed E-state index contributed by atoms with van der Waals surface area (Å²) in [7, 11) is 0. The molecule has 0 bridgehead atoms. The quantitative estimate of drug-likeness (QED) is 0.728. The van der Waals surface area contributed by atoms with Crippen LogP contribution in [0.4, 0.5) is 0 Å². The molecule has 1 saturated heterocycles. The van der Waals surface area contributed by atoms with Crippen molar-refractivity contribution in [3.63, 3.8) is 0 Å². The molecule has 0 N–H and O–H groups in total. The fourth-order valence-corrected chi connectivity index (χ4v) is 2.01. The molecular weight excluding hydrogens is 264 g/mol. The van der Waals surface area contributed by atoms with Crippen molar-refractivity contribution in [2.24, 2.45) is 0 Å². The summed E-state index contributed by atoms with van der Waals surface area (Å²) >= 11 is 0. The average Bonchev–Trinajstić information content (AvgIpc) is 3.25. The monoisotopic (exact) mass is 284 g/mol. The van der Waals surface area contributed by atoms with Crippen molar-refractivity contribution < 1.29 is 14.2 Å². The van der Waals surface area contributed by atoms with Gasteiger partial charge in [0.05, 0.1) is 19.8 Å². The molecule has 3 heteroatoms. The van der Waals surface area contributed by atoms with Crippen LogP contribution in [0.2, 0.25) is 0 Å². The fourth-order valence-electron chi connectivity index (χ4n) is 2.01. The molecule has 0 amide bonds. The summed E-state index contributed by atoms with van der Waals surface area (Å²) in [6, 6.07) is 18.2. The highest BCUT2D eigenvalue weighted by Gasteiger charge is 2.39. The van der Waals surface area contributed by atoms with Crippen molar-refractivity contribution in [3.8, 4) is 5.75 Å². The summed E-state index contributed by atoms with van der Waals surface area (Å²) in [5, 5.41) is 0. The zero-order chi connectivity index (χ0) is 14.5. The molecule has 0 radical (unpaired) electrons. The van der Waals surface area contributed by atoms with E-state index in [-0.39, 0.29) is 5.60 Å². The third-order valence-corrected chi connectivity index (χ3v) is 3.48. The summed E-state index contributed by atoms with van der Waals surface area (Å²) in [5.74, 6) is 0.875. The molecule has 1 atom stereocenters. The number of epoxide rings is 1. The van der Waals surface area contributed by atoms with Gasteiger partial charge in [-0.3, -0.25) is 0 Å². The Kier molecular flexibility index (Phi) is 4.23. The molecule has 0 unspecified atom stereocenters. The molecule has 3 nitrogen and oxygen atoms in total. The molecule has 1 fully saturated rings. The van der Waals surface area contributed by atoms with Gasteiger partial charge in [-0.2, -0.15) is 0 Å². The predicted octanol–water partition coefficient (Wildman–Crippen LogP) is 3.57. The summed E-state index contributed by atoms with van der Waals surface area (Å²) < 4.78 is 16.7. The lowest BCUT2D eigenvalue weighted by Crippen LogP contribution is -2.14. The zero-order valence-corrected chi connectivity index (χ0v) is 12.2. The van der Waals surface area contributed by atoms with Gasteiger partial charge in [-0.1, -0.05) is 42.5 Å². The van der Waals surface area contributed by atoms with Gasteiger partial charge in [0.2, 0.25) is 0 Å². The summed E-state index contributed by atoms with van der Waals surface area (Å²) in [4.78, 5) is 0. The Hall–Kier alpha value is -1.84. The van der Waals surface area contributed by atoms with Gasteiger partial charge in [-0.25, -0.2) is 0 Å². The Bertz CT molecular complexity index is 559. The van der Waals surface area contributed by atoms with E-state index < -0.39 is 0 Å². The van der Waals surface area contributed by atoms with Crippen LogP contribution in [0, 0.1) is 0 Å². The van der Waals surface area contributed by atoms with E-state index in [2.05, 4.69) is 19.1 Å². The lowest BCUT2D eigenvalue weighted by atomic mass is 10.2. The first-order valence-corrected chi connectivity index (χ1v) is 7.21. The summed E-state index contributed by atoms with van der Waals surface area (Å²) in [5.41, 5.74) is 2.27. The molecule has 0 spiro atoms. The highest BCUT2D eigenvalue weighted by Crippen LogP contribution is 2.26. The van der Waals surface area contributed by atoms with Crippen molar-refractivity contribution in [3.05, 3.63) is 65.7 Å². The average molecular weight is 284 g/mol. The first kappa shape index (κ1) is 14.1. The molecular formula is C18H20O3. The number of benzene rings is 2. The predicted molar refractivity (Wildman–Crippen MR) is 81.2 cm³/mol. The first-order chi connectivity index (χ1) is 10.2. The molecule has 1 aliphatic heterocycles. The standard InChI is InChI=1S/C18H20O3/c1-18(14-21-18)13-19-11-16-7-9-17(10-8-16)20-12-15-5-3-2-4-6-15/h2-10H,11-14H2,1H3/t18-/m1/s1. The van der Waals surface area contributed by atoms with Gasteiger partial charge in [0, 0.05) is 0 Å². The van der Waals surface area contributed by atoms with Crippen molar-refractivity contribution >= 4 is 0 Å². The first-order valence-electron chi connectivity index (χ1n) is 7.21. The Morgan fingerprint density at radius 3 is 2.29 bits per heavy atom. The van der Waals surface area contributed by atoms with E-state index in [1.54, 1.807) is 0 Å². The number of hydrogen-bond acceptors (Lipinski definition) is 3.